The molecule has 1 aliphatic heterocycles. The molecule has 1 aromatic heterocycles. The molecule has 0 spiro atoms. The zero-order valence-electron chi connectivity index (χ0n) is 7.32. The largest absolute Gasteiger partial charge is 0.316 e. The summed E-state index contributed by atoms with van der Waals surface area (Å²) in [7, 11) is 0. The molecule has 0 atom stereocenters. The number of thiazole rings is 1. The number of Topliss-reactive ketones (excluding diaryl/α,β-unsaturated/α-hetero) is 1. The molecule has 1 aliphatic rings. The SMILES string of the molecule is O=C(Cc1cncs1)CC1CNC1. The summed E-state index contributed by atoms with van der Waals surface area (Å²) in [5, 5.41) is 3.16. The third-order valence-electron chi connectivity index (χ3n) is 2.24. The van der Waals surface area contributed by atoms with Gasteiger partial charge < -0.3 is 5.32 Å². The van der Waals surface area contributed by atoms with Gasteiger partial charge in [0.25, 0.3) is 0 Å². The number of aromatic nitrogens is 1. The Morgan fingerprint density at radius 1 is 1.69 bits per heavy atom. The molecule has 0 aromatic carbocycles. The average molecular weight is 196 g/mol. The summed E-state index contributed by atoms with van der Waals surface area (Å²) in [5.74, 6) is 0.927. The van der Waals surface area contributed by atoms with Crippen LogP contribution in [-0.4, -0.2) is 23.9 Å². The van der Waals surface area contributed by atoms with Gasteiger partial charge >= 0.3 is 0 Å². The second-order valence-electron chi connectivity index (χ2n) is 3.41. The van der Waals surface area contributed by atoms with Gasteiger partial charge in [0, 0.05) is 23.9 Å². The standard InChI is InChI=1S/C9H12N2OS/c12-8(1-7-3-10-4-7)2-9-5-11-6-13-9/h5-7,10H,1-4H2. The lowest BCUT2D eigenvalue weighted by Crippen LogP contribution is -2.43. The molecule has 4 heteroatoms. The number of nitrogens with zero attached hydrogens (tertiary/aromatic N) is 1. The predicted octanol–water partition coefficient (Wildman–Crippen LogP) is 0.864. The molecular weight excluding hydrogens is 184 g/mol. The molecule has 13 heavy (non-hydrogen) atoms. The normalized spacial score (nSPS) is 16.9. The Morgan fingerprint density at radius 3 is 3.08 bits per heavy atom. The molecule has 0 saturated carbocycles. The van der Waals surface area contributed by atoms with Crippen LogP contribution in [0.2, 0.25) is 0 Å². The van der Waals surface area contributed by atoms with Crippen molar-refractivity contribution in [3.05, 3.63) is 16.6 Å². The first kappa shape index (κ1) is 8.84. The van der Waals surface area contributed by atoms with E-state index in [1.54, 1.807) is 23.0 Å². The van der Waals surface area contributed by atoms with E-state index in [2.05, 4.69) is 10.3 Å². The van der Waals surface area contributed by atoms with Gasteiger partial charge in [-0.2, -0.15) is 0 Å². The summed E-state index contributed by atoms with van der Waals surface area (Å²) in [6.07, 6.45) is 3.08. The van der Waals surface area contributed by atoms with Crippen LogP contribution >= 0.6 is 11.3 Å². The molecule has 1 saturated heterocycles. The highest BCUT2D eigenvalue weighted by molar-refractivity contribution is 7.09. The van der Waals surface area contributed by atoms with Crippen molar-refractivity contribution in [3.63, 3.8) is 0 Å². The number of nitrogens with one attached hydrogen (secondary N) is 1. The van der Waals surface area contributed by atoms with Gasteiger partial charge in [0.1, 0.15) is 5.78 Å². The molecule has 1 fully saturated rings. The van der Waals surface area contributed by atoms with Crippen LogP contribution < -0.4 is 5.32 Å². The lowest BCUT2D eigenvalue weighted by atomic mass is 9.95. The smallest absolute Gasteiger partial charge is 0.138 e. The quantitative estimate of drug-likeness (QED) is 0.776. The van der Waals surface area contributed by atoms with Crippen molar-refractivity contribution < 1.29 is 4.79 Å². The molecule has 1 aromatic rings. The van der Waals surface area contributed by atoms with Crippen molar-refractivity contribution in [1.82, 2.24) is 10.3 Å². The first-order chi connectivity index (χ1) is 6.34. The van der Waals surface area contributed by atoms with Crippen LogP contribution in [0.3, 0.4) is 0 Å². The maximum atomic E-state index is 11.5. The van der Waals surface area contributed by atoms with Gasteiger partial charge in [0.05, 0.1) is 5.51 Å². The van der Waals surface area contributed by atoms with E-state index in [9.17, 15) is 4.79 Å². The van der Waals surface area contributed by atoms with Crippen LogP contribution in [0.15, 0.2) is 11.7 Å². The van der Waals surface area contributed by atoms with Gasteiger partial charge in [-0.25, -0.2) is 0 Å². The molecule has 2 heterocycles. The predicted molar refractivity (Wildman–Crippen MR) is 51.8 cm³/mol. The molecule has 0 aliphatic carbocycles. The molecule has 3 nitrogen and oxygen atoms in total. The molecule has 0 radical (unpaired) electrons. The van der Waals surface area contributed by atoms with E-state index in [0.29, 0.717) is 18.1 Å². The Kier molecular flexibility index (Phi) is 2.71. The lowest BCUT2D eigenvalue weighted by molar-refractivity contribution is -0.119. The minimum absolute atomic E-state index is 0.343. The second kappa shape index (κ2) is 3.98. The molecule has 0 bridgehead atoms. The maximum Gasteiger partial charge on any atom is 0.138 e. The van der Waals surface area contributed by atoms with E-state index < -0.39 is 0 Å². The van der Waals surface area contributed by atoms with E-state index in [1.807, 2.05) is 0 Å². The van der Waals surface area contributed by atoms with Crippen LogP contribution in [0.4, 0.5) is 0 Å². The highest BCUT2D eigenvalue weighted by Gasteiger charge is 2.20. The fourth-order valence-electron chi connectivity index (χ4n) is 1.41. The average Bonchev–Trinajstić information content (AvgIpc) is 2.49. The van der Waals surface area contributed by atoms with Gasteiger partial charge in [-0.15, -0.1) is 11.3 Å². The number of carbonyl (C=O) groups is 1. The molecule has 1 N–H and O–H groups in total. The third-order valence-corrected chi connectivity index (χ3v) is 3.02. The Labute approximate surface area is 81.2 Å². The maximum absolute atomic E-state index is 11.5. The summed E-state index contributed by atoms with van der Waals surface area (Å²) < 4.78 is 0. The number of hydrogen-bond acceptors (Lipinski definition) is 4. The van der Waals surface area contributed by atoms with E-state index in [1.165, 1.54) is 0 Å². The van der Waals surface area contributed by atoms with Crippen LogP contribution in [0.5, 0.6) is 0 Å². The highest BCUT2D eigenvalue weighted by atomic mass is 32.1. The summed E-state index contributed by atoms with van der Waals surface area (Å²) in [4.78, 5) is 16.5. The summed E-state index contributed by atoms with van der Waals surface area (Å²) in [5.41, 5.74) is 1.77. The van der Waals surface area contributed by atoms with E-state index in [0.717, 1.165) is 24.4 Å². The topological polar surface area (TPSA) is 42.0 Å². The van der Waals surface area contributed by atoms with Crippen molar-refractivity contribution in [2.24, 2.45) is 5.92 Å². The lowest BCUT2D eigenvalue weighted by Gasteiger charge is -2.26. The number of rotatable bonds is 4. The Morgan fingerprint density at radius 2 is 2.54 bits per heavy atom. The monoisotopic (exact) mass is 196 g/mol. The first-order valence-corrected chi connectivity index (χ1v) is 5.32. The third kappa shape index (κ3) is 2.35. The Bertz CT molecular complexity index is 280. The zero-order chi connectivity index (χ0) is 9.10. The Hall–Kier alpha value is -0.740. The van der Waals surface area contributed by atoms with Crippen LogP contribution in [0.25, 0.3) is 0 Å². The second-order valence-corrected chi connectivity index (χ2v) is 4.38. The van der Waals surface area contributed by atoms with Gasteiger partial charge in [-0.3, -0.25) is 9.78 Å². The molecule has 0 amide bonds. The van der Waals surface area contributed by atoms with Crippen molar-refractivity contribution in [2.75, 3.05) is 13.1 Å². The summed E-state index contributed by atoms with van der Waals surface area (Å²) in [6.45, 7) is 2.02. The van der Waals surface area contributed by atoms with Crippen LogP contribution in [0, 0.1) is 5.92 Å². The summed E-state index contributed by atoms with van der Waals surface area (Å²) >= 11 is 1.56. The van der Waals surface area contributed by atoms with Crippen molar-refractivity contribution in [2.45, 2.75) is 12.8 Å². The molecule has 2 rings (SSSR count). The van der Waals surface area contributed by atoms with Crippen LogP contribution in [-0.2, 0) is 11.2 Å². The zero-order valence-corrected chi connectivity index (χ0v) is 8.14. The summed E-state index contributed by atoms with van der Waals surface area (Å²) in [6, 6.07) is 0. The van der Waals surface area contributed by atoms with Gasteiger partial charge in [-0.1, -0.05) is 0 Å². The number of hydrogen-bond donors (Lipinski definition) is 1. The first-order valence-electron chi connectivity index (χ1n) is 4.44. The fourth-order valence-corrected chi connectivity index (χ4v) is 2.03. The van der Waals surface area contributed by atoms with Crippen molar-refractivity contribution in [1.29, 1.82) is 0 Å². The molecule has 0 unspecified atom stereocenters. The Balaban J connectivity index is 1.78. The van der Waals surface area contributed by atoms with Crippen molar-refractivity contribution >= 4 is 17.1 Å². The van der Waals surface area contributed by atoms with Gasteiger partial charge in [-0.05, 0) is 19.0 Å². The molecular formula is C9H12N2OS. The van der Waals surface area contributed by atoms with Crippen molar-refractivity contribution in [3.8, 4) is 0 Å². The van der Waals surface area contributed by atoms with Gasteiger partial charge in [0.15, 0.2) is 0 Å². The highest BCUT2D eigenvalue weighted by Crippen LogP contribution is 2.13. The minimum atomic E-state index is 0.343. The molecule has 70 valence electrons. The number of carbonyl (C=O) groups excluding carboxylic acids is 1. The fraction of sp³-hybridized carbons (Fsp3) is 0.556. The van der Waals surface area contributed by atoms with Crippen LogP contribution in [0.1, 0.15) is 11.3 Å². The number of ketones is 1. The van der Waals surface area contributed by atoms with E-state index in [4.69, 9.17) is 0 Å². The minimum Gasteiger partial charge on any atom is -0.316 e. The van der Waals surface area contributed by atoms with E-state index >= 15 is 0 Å². The van der Waals surface area contributed by atoms with E-state index in [-0.39, 0.29) is 0 Å². The van der Waals surface area contributed by atoms with Gasteiger partial charge in [0.2, 0.25) is 0 Å².